The summed E-state index contributed by atoms with van der Waals surface area (Å²) < 4.78 is 5.95. The molecule has 0 spiro atoms. The fraction of sp³-hybridized carbons (Fsp3) is 0.100. The highest BCUT2D eigenvalue weighted by molar-refractivity contribution is 8.26. The first kappa shape index (κ1) is 20.6. The number of amides is 1. The van der Waals surface area contributed by atoms with Crippen LogP contribution >= 0.6 is 24.0 Å². The minimum absolute atomic E-state index is 0.0479. The van der Waals surface area contributed by atoms with Crippen molar-refractivity contribution >= 4 is 52.2 Å². The topological polar surface area (TPSA) is 104 Å². The average molecular weight is 429 g/mol. The Bertz CT molecular complexity index is 999. The van der Waals surface area contributed by atoms with Crippen molar-refractivity contribution in [2.75, 3.05) is 6.54 Å². The number of aliphatic carboxylic acids is 2. The lowest BCUT2D eigenvalue weighted by Gasteiger charge is -2.10. The van der Waals surface area contributed by atoms with Crippen LogP contribution in [-0.2, 0) is 20.8 Å². The van der Waals surface area contributed by atoms with Crippen molar-refractivity contribution in [3.8, 4) is 11.5 Å². The zero-order valence-corrected chi connectivity index (χ0v) is 16.5. The summed E-state index contributed by atoms with van der Waals surface area (Å²) in [6.07, 6.45) is 1.60. The molecule has 2 aromatic rings. The third-order valence-corrected chi connectivity index (χ3v) is 5.24. The van der Waals surface area contributed by atoms with Gasteiger partial charge in [-0.25, -0.2) is 0 Å². The summed E-state index contributed by atoms with van der Waals surface area (Å²) in [5, 5.41) is 17.7. The van der Waals surface area contributed by atoms with Crippen LogP contribution in [0.15, 0.2) is 53.4 Å². The molecule has 2 N–H and O–H groups in total. The van der Waals surface area contributed by atoms with Crippen molar-refractivity contribution in [3.63, 3.8) is 0 Å². The van der Waals surface area contributed by atoms with Crippen LogP contribution in [0.3, 0.4) is 0 Å². The minimum atomic E-state index is -1.12. The lowest BCUT2D eigenvalue weighted by Crippen LogP contribution is -2.33. The molecule has 1 heterocycles. The Kier molecular flexibility index (Phi) is 6.30. The fourth-order valence-corrected chi connectivity index (χ4v) is 3.80. The molecule has 0 atom stereocenters. The van der Waals surface area contributed by atoms with Gasteiger partial charge in [0.25, 0.3) is 5.91 Å². The zero-order valence-electron chi connectivity index (χ0n) is 14.9. The Morgan fingerprint density at radius 1 is 1.00 bits per heavy atom. The molecule has 0 radical (unpaired) electrons. The summed E-state index contributed by atoms with van der Waals surface area (Å²) in [5.41, 5.74) is 1.42. The number of carboxylic acid groups (broad SMARTS) is 2. The average Bonchev–Trinajstić information content (AvgIpc) is 2.91. The van der Waals surface area contributed by atoms with Crippen molar-refractivity contribution in [1.82, 2.24) is 4.90 Å². The van der Waals surface area contributed by atoms with Gasteiger partial charge in [0.1, 0.15) is 22.4 Å². The van der Waals surface area contributed by atoms with Gasteiger partial charge in [-0.1, -0.05) is 48.2 Å². The molecule has 0 bridgehead atoms. The molecule has 29 heavy (non-hydrogen) atoms. The molecule has 0 aromatic heterocycles. The summed E-state index contributed by atoms with van der Waals surface area (Å²) in [5.74, 6) is -1.30. The summed E-state index contributed by atoms with van der Waals surface area (Å²) in [6, 6.07) is 13.8. The molecule has 7 nitrogen and oxygen atoms in total. The number of carbonyl (C=O) groups excluding carboxylic acids is 1. The smallest absolute Gasteiger partial charge is 0.323 e. The van der Waals surface area contributed by atoms with Gasteiger partial charge in [-0.05, 0) is 41.5 Å². The number of thiocarbonyl (C=S) groups is 1. The van der Waals surface area contributed by atoms with Crippen molar-refractivity contribution in [1.29, 1.82) is 0 Å². The molecule has 1 saturated heterocycles. The number of thioether (sulfide) groups is 1. The second kappa shape index (κ2) is 8.89. The predicted molar refractivity (Wildman–Crippen MR) is 112 cm³/mol. The first-order valence-corrected chi connectivity index (χ1v) is 9.60. The van der Waals surface area contributed by atoms with Gasteiger partial charge in [0.15, 0.2) is 0 Å². The highest BCUT2D eigenvalue weighted by Gasteiger charge is 2.33. The number of rotatable bonds is 7. The van der Waals surface area contributed by atoms with E-state index in [4.69, 9.17) is 27.2 Å². The van der Waals surface area contributed by atoms with Crippen LogP contribution in [0, 0.1) is 0 Å². The first-order valence-electron chi connectivity index (χ1n) is 8.37. The number of hydrogen-bond acceptors (Lipinski definition) is 6. The molecule has 1 aliphatic heterocycles. The van der Waals surface area contributed by atoms with E-state index in [1.54, 1.807) is 54.6 Å². The summed E-state index contributed by atoms with van der Waals surface area (Å²) >= 11 is 6.13. The van der Waals surface area contributed by atoms with E-state index < -0.39 is 24.4 Å². The monoisotopic (exact) mass is 429 g/mol. The molecule has 1 aliphatic rings. The molecular formula is C20H15NO6S2. The van der Waals surface area contributed by atoms with E-state index in [-0.39, 0.29) is 10.7 Å². The largest absolute Gasteiger partial charge is 0.481 e. The van der Waals surface area contributed by atoms with Gasteiger partial charge in [0.05, 0.1) is 11.3 Å². The first-order chi connectivity index (χ1) is 13.8. The van der Waals surface area contributed by atoms with E-state index >= 15 is 0 Å². The maximum absolute atomic E-state index is 12.3. The zero-order chi connectivity index (χ0) is 21.0. The Balaban J connectivity index is 1.66. The van der Waals surface area contributed by atoms with Crippen LogP contribution in [0.4, 0.5) is 0 Å². The molecule has 1 amide bonds. The predicted octanol–water partition coefficient (Wildman–Crippen LogP) is 3.39. The number of carbonyl (C=O) groups is 3. The van der Waals surface area contributed by atoms with Gasteiger partial charge < -0.3 is 14.9 Å². The lowest BCUT2D eigenvalue weighted by atomic mass is 10.1. The molecule has 9 heteroatoms. The van der Waals surface area contributed by atoms with Crippen LogP contribution in [0.1, 0.15) is 11.1 Å². The summed E-state index contributed by atoms with van der Waals surface area (Å²) in [6.45, 7) is -0.458. The van der Waals surface area contributed by atoms with Crippen LogP contribution in [-0.4, -0.2) is 43.8 Å². The highest BCUT2D eigenvalue weighted by atomic mass is 32.2. The summed E-state index contributed by atoms with van der Waals surface area (Å²) in [7, 11) is 0. The Hall–Kier alpha value is -3.17. The van der Waals surface area contributed by atoms with Crippen LogP contribution in [0.5, 0.6) is 11.5 Å². The maximum Gasteiger partial charge on any atom is 0.323 e. The number of nitrogens with zero attached hydrogens (tertiary/aromatic N) is 1. The van der Waals surface area contributed by atoms with Crippen LogP contribution in [0.25, 0.3) is 6.08 Å². The van der Waals surface area contributed by atoms with E-state index in [1.807, 2.05) is 0 Å². The quantitative estimate of drug-likeness (QED) is 0.510. The normalized spacial score (nSPS) is 15.0. The third kappa shape index (κ3) is 5.43. The third-order valence-electron chi connectivity index (χ3n) is 3.86. The summed E-state index contributed by atoms with van der Waals surface area (Å²) in [4.78, 5) is 35.2. The standard InChI is InChI=1S/C20H15NO6S2/c22-17(23)10-13-3-7-15(8-4-13)27-14-5-1-12(2-6-14)9-16-19(26)21(11-18(24)25)20(28)29-16/h1-9H,10-11H2,(H,22,23)(H,24,25)/b16-9+. The molecule has 0 saturated carbocycles. The van der Waals surface area contributed by atoms with Gasteiger partial charge >= 0.3 is 11.9 Å². The van der Waals surface area contributed by atoms with E-state index in [0.29, 0.717) is 22.0 Å². The van der Waals surface area contributed by atoms with E-state index in [0.717, 1.165) is 22.2 Å². The minimum Gasteiger partial charge on any atom is -0.481 e. The Morgan fingerprint density at radius 2 is 1.59 bits per heavy atom. The number of hydrogen-bond donors (Lipinski definition) is 2. The molecule has 2 aromatic carbocycles. The second-order valence-electron chi connectivity index (χ2n) is 6.05. The van der Waals surface area contributed by atoms with Gasteiger partial charge in [-0.15, -0.1) is 0 Å². The number of carboxylic acids is 2. The SMILES string of the molecule is O=C(O)Cc1ccc(Oc2ccc(/C=C3/SC(=S)N(CC(=O)O)C3=O)cc2)cc1. The number of benzene rings is 2. The van der Waals surface area contributed by atoms with Gasteiger partial charge in [0, 0.05) is 0 Å². The van der Waals surface area contributed by atoms with Crippen LogP contribution < -0.4 is 4.74 Å². The molecule has 0 unspecified atom stereocenters. The van der Waals surface area contributed by atoms with E-state index in [1.165, 1.54) is 0 Å². The highest BCUT2D eigenvalue weighted by Crippen LogP contribution is 2.32. The van der Waals surface area contributed by atoms with Crippen molar-refractivity contribution in [3.05, 3.63) is 64.6 Å². The Morgan fingerprint density at radius 3 is 2.14 bits per heavy atom. The number of ether oxygens (including phenoxy) is 1. The van der Waals surface area contributed by atoms with Gasteiger partial charge in [0.2, 0.25) is 0 Å². The van der Waals surface area contributed by atoms with Crippen LogP contribution in [0.2, 0.25) is 0 Å². The Labute approximate surface area is 175 Å². The lowest BCUT2D eigenvalue weighted by molar-refractivity contribution is -0.140. The molecule has 3 rings (SSSR count). The molecule has 1 fully saturated rings. The maximum atomic E-state index is 12.3. The molecule has 148 valence electrons. The van der Waals surface area contributed by atoms with E-state index in [2.05, 4.69) is 0 Å². The van der Waals surface area contributed by atoms with Crippen molar-refractivity contribution < 1.29 is 29.3 Å². The molecular weight excluding hydrogens is 414 g/mol. The van der Waals surface area contributed by atoms with Gasteiger partial charge in [-0.2, -0.15) is 0 Å². The second-order valence-corrected chi connectivity index (χ2v) is 7.72. The van der Waals surface area contributed by atoms with Crippen molar-refractivity contribution in [2.45, 2.75) is 6.42 Å². The van der Waals surface area contributed by atoms with E-state index in [9.17, 15) is 14.4 Å². The molecule has 0 aliphatic carbocycles. The van der Waals surface area contributed by atoms with Gasteiger partial charge in [-0.3, -0.25) is 19.3 Å². The fourth-order valence-electron chi connectivity index (χ4n) is 2.54. The van der Waals surface area contributed by atoms with Crippen molar-refractivity contribution in [2.24, 2.45) is 0 Å².